The summed E-state index contributed by atoms with van der Waals surface area (Å²) in [7, 11) is 0. The van der Waals surface area contributed by atoms with Gasteiger partial charge in [0.1, 0.15) is 11.3 Å². The van der Waals surface area contributed by atoms with E-state index in [0.717, 1.165) is 15.7 Å². The molecule has 2 heterocycles. The Morgan fingerprint density at radius 1 is 1.15 bits per heavy atom. The second-order valence-electron chi connectivity index (χ2n) is 4.16. The number of nitrogens with one attached hydrogen (secondary N) is 1. The van der Waals surface area contributed by atoms with Crippen molar-refractivity contribution in [3.63, 3.8) is 0 Å². The van der Waals surface area contributed by atoms with Crippen molar-refractivity contribution in [2.75, 3.05) is 5.32 Å². The first kappa shape index (κ1) is 13.3. The van der Waals surface area contributed by atoms with Crippen LogP contribution in [0, 0.1) is 5.82 Å². The zero-order valence-corrected chi connectivity index (χ0v) is 12.4. The predicted molar refractivity (Wildman–Crippen MR) is 81.9 cm³/mol. The molecule has 0 radical (unpaired) electrons. The van der Waals surface area contributed by atoms with Crippen molar-refractivity contribution in [3.05, 3.63) is 58.0 Å². The zero-order chi connectivity index (χ0) is 14.1. The summed E-state index contributed by atoms with van der Waals surface area (Å²) in [6.07, 6.45) is 3.35. The lowest BCUT2D eigenvalue weighted by molar-refractivity contribution is 0.628. The maximum atomic E-state index is 13.3. The molecule has 20 heavy (non-hydrogen) atoms. The smallest absolute Gasteiger partial charge is 0.126 e. The highest BCUT2D eigenvalue weighted by Crippen LogP contribution is 2.27. The number of anilines is 2. The van der Waals surface area contributed by atoms with Gasteiger partial charge in [0.15, 0.2) is 0 Å². The van der Waals surface area contributed by atoms with E-state index in [9.17, 15) is 4.39 Å². The van der Waals surface area contributed by atoms with Crippen molar-refractivity contribution in [3.8, 4) is 0 Å². The Morgan fingerprint density at radius 2 is 2.00 bits per heavy atom. The molecule has 6 heteroatoms. The third kappa shape index (κ3) is 2.73. The van der Waals surface area contributed by atoms with Crippen LogP contribution in [0.5, 0.6) is 0 Å². The number of rotatable bonds is 2. The Balaban J connectivity index is 2.06. The van der Waals surface area contributed by atoms with Crippen LogP contribution >= 0.6 is 27.5 Å². The number of hydrogen-bond donors (Lipinski definition) is 1. The summed E-state index contributed by atoms with van der Waals surface area (Å²) < 4.78 is 14.2. The fourth-order valence-electron chi connectivity index (χ4n) is 1.89. The van der Waals surface area contributed by atoms with Crippen molar-refractivity contribution in [1.29, 1.82) is 0 Å². The molecule has 3 rings (SSSR count). The van der Waals surface area contributed by atoms with Crippen LogP contribution in [0.4, 0.5) is 15.8 Å². The number of hydrogen-bond acceptors (Lipinski definition) is 3. The number of fused-ring (bicyclic) bond motifs is 1. The molecule has 0 atom stereocenters. The molecule has 0 saturated heterocycles. The molecule has 3 aromatic rings. The molecule has 0 fully saturated rings. The molecule has 0 aliphatic carbocycles. The van der Waals surface area contributed by atoms with Gasteiger partial charge in [-0.2, -0.15) is 0 Å². The topological polar surface area (TPSA) is 37.8 Å². The molecule has 0 amide bonds. The molecule has 100 valence electrons. The van der Waals surface area contributed by atoms with Crippen LogP contribution in [-0.4, -0.2) is 9.97 Å². The standard InChI is InChI=1S/C14H8BrClFN3/c15-8-3-13-14(19-7-8)12(1-2-18-13)20-11-5-9(16)4-10(17)6-11/h1-7H,(H,18,20). The maximum absolute atomic E-state index is 13.3. The number of pyridine rings is 2. The van der Waals surface area contributed by atoms with Crippen LogP contribution in [0.25, 0.3) is 11.0 Å². The number of aromatic nitrogens is 2. The Kier molecular flexibility index (Phi) is 3.54. The van der Waals surface area contributed by atoms with Gasteiger partial charge in [0.2, 0.25) is 0 Å². The summed E-state index contributed by atoms with van der Waals surface area (Å²) in [5.41, 5.74) is 2.75. The van der Waals surface area contributed by atoms with Crippen LogP contribution in [0.3, 0.4) is 0 Å². The molecule has 1 aromatic carbocycles. The van der Waals surface area contributed by atoms with Crippen molar-refractivity contribution < 1.29 is 4.39 Å². The maximum Gasteiger partial charge on any atom is 0.126 e. The van der Waals surface area contributed by atoms with Crippen LogP contribution in [0.15, 0.2) is 47.2 Å². The highest BCUT2D eigenvalue weighted by atomic mass is 79.9. The van der Waals surface area contributed by atoms with E-state index in [4.69, 9.17) is 11.6 Å². The second-order valence-corrected chi connectivity index (χ2v) is 5.52. The molecule has 0 bridgehead atoms. The van der Waals surface area contributed by atoms with Crippen molar-refractivity contribution in [2.24, 2.45) is 0 Å². The molecule has 1 N–H and O–H groups in total. The third-order valence-corrected chi connectivity index (χ3v) is 3.34. The summed E-state index contributed by atoms with van der Waals surface area (Å²) >= 11 is 9.19. The van der Waals surface area contributed by atoms with Gasteiger partial charge in [-0.05, 0) is 46.3 Å². The van der Waals surface area contributed by atoms with E-state index >= 15 is 0 Å². The number of halogens is 3. The Labute approximate surface area is 127 Å². The summed E-state index contributed by atoms with van der Waals surface area (Å²) in [4.78, 5) is 8.57. The average molecular weight is 353 g/mol. The highest BCUT2D eigenvalue weighted by molar-refractivity contribution is 9.10. The lowest BCUT2D eigenvalue weighted by atomic mass is 10.2. The van der Waals surface area contributed by atoms with E-state index in [2.05, 4.69) is 31.2 Å². The van der Waals surface area contributed by atoms with E-state index in [-0.39, 0.29) is 0 Å². The minimum atomic E-state index is -0.394. The van der Waals surface area contributed by atoms with E-state index in [0.29, 0.717) is 16.2 Å². The predicted octanol–water partition coefficient (Wildman–Crippen LogP) is 4.93. The average Bonchev–Trinajstić information content (AvgIpc) is 2.37. The first-order chi connectivity index (χ1) is 9.61. The van der Waals surface area contributed by atoms with E-state index in [1.54, 1.807) is 24.5 Å². The summed E-state index contributed by atoms with van der Waals surface area (Å²) in [5.74, 6) is -0.394. The number of nitrogens with zero attached hydrogens (tertiary/aromatic N) is 2. The first-order valence-corrected chi connectivity index (χ1v) is 6.92. The molecule has 3 nitrogen and oxygen atoms in total. The molecule has 0 unspecified atom stereocenters. The van der Waals surface area contributed by atoms with Gasteiger partial charge in [0.25, 0.3) is 0 Å². The van der Waals surface area contributed by atoms with Gasteiger partial charge in [-0.25, -0.2) is 4.39 Å². The molecule has 0 aliphatic rings. The van der Waals surface area contributed by atoms with Crippen molar-refractivity contribution in [1.82, 2.24) is 9.97 Å². The quantitative estimate of drug-likeness (QED) is 0.711. The molecule has 0 saturated carbocycles. The minimum absolute atomic E-state index is 0.335. The van der Waals surface area contributed by atoms with Crippen LogP contribution in [0.1, 0.15) is 0 Å². The summed E-state index contributed by atoms with van der Waals surface area (Å²) in [6, 6.07) is 7.92. The third-order valence-electron chi connectivity index (χ3n) is 2.69. The Hall–Kier alpha value is -1.72. The molecular weight excluding hydrogens is 345 g/mol. The summed E-state index contributed by atoms with van der Waals surface area (Å²) in [5, 5.41) is 3.44. The zero-order valence-electron chi connectivity index (χ0n) is 10.1. The minimum Gasteiger partial charge on any atom is -0.354 e. The highest BCUT2D eigenvalue weighted by Gasteiger charge is 2.06. The fraction of sp³-hybridized carbons (Fsp3) is 0. The largest absolute Gasteiger partial charge is 0.354 e. The second kappa shape index (κ2) is 5.34. The Morgan fingerprint density at radius 3 is 2.80 bits per heavy atom. The molecule has 2 aromatic heterocycles. The fourth-order valence-corrected chi connectivity index (χ4v) is 2.43. The van der Waals surface area contributed by atoms with Gasteiger partial charge >= 0.3 is 0 Å². The SMILES string of the molecule is Fc1cc(Cl)cc(Nc2ccnc3cc(Br)cnc23)c1. The van der Waals surface area contributed by atoms with Crippen LogP contribution < -0.4 is 5.32 Å². The summed E-state index contributed by atoms with van der Waals surface area (Å²) in [6.45, 7) is 0. The van der Waals surface area contributed by atoms with Gasteiger partial charge in [-0.1, -0.05) is 11.6 Å². The monoisotopic (exact) mass is 351 g/mol. The van der Waals surface area contributed by atoms with Crippen molar-refractivity contribution >= 4 is 49.9 Å². The van der Waals surface area contributed by atoms with Gasteiger partial charge in [0, 0.05) is 27.6 Å². The molecule has 0 spiro atoms. The van der Waals surface area contributed by atoms with Gasteiger partial charge in [-0.15, -0.1) is 0 Å². The lowest BCUT2D eigenvalue weighted by Crippen LogP contribution is -1.95. The molecule has 0 aliphatic heterocycles. The number of benzene rings is 1. The van der Waals surface area contributed by atoms with E-state index in [1.165, 1.54) is 12.1 Å². The van der Waals surface area contributed by atoms with Gasteiger partial charge in [0.05, 0.1) is 11.2 Å². The van der Waals surface area contributed by atoms with Crippen LogP contribution in [-0.2, 0) is 0 Å². The Bertz CT molecular complexity index is 774. The van der Waals surface area contributed by atoms with Crippen molar-refractivity contribution in [2.45, 2.75) is 0 Å². The van der Waals surface area contributed by atoms with Gasteiger partial charge < -0.3 is 5.32 Å². The van der Waals surface area contributed by atoms with Gasteiger partial charge in [-0.3, -0.25) is 9.97 Å². The normalized spacial score (nSPS) is 10.8. The van der Waals surface area contributed by atoms with E-state index in [1.807, 2.05) is 6.07 Å². The van der Waals surface area contributed by atoms with Crippen LogP contribution in [0.2, 0.25) is 5.02 Å². The first-order valence-electron chi connectivity index (χ1n) is 5.75. The molecular formula is C14H8BrClFN3. The lowest BCUT2D eigenvalue weighted by Gasteiger charge is -2.09. The van der Waals surface area contributed by atoms with E-state index < -0.39 is 5.82 Å².